The van der Waals surface area contributed by atoms with Gasteiger partial charge >= 0.3 is 6.09 Å². The van der Waals surface area contributed by atoms with Gasteiger partial charge in [0, 0.05) is 96.4 Å². The van der Waals surface area contributed by atoms with E-state index in [1.54, 1.807) is 0 Å². The highest BCUT2D eigenvalue weighted by molar-refractivity contribution is 5.82. The van der Waals surface area contributed by atoms with Gasteiger partial charge in [-0.1, -0.05) is 57.2 Å². The molecule has 58 heavy (non-hydrogen) atoms. The molecule has 1 atom stereocenters. The van der Waals surface area contributed by atoms with E-state index in [1.165, 1.54) is 11.1 Å². The van der Waals surface area contributed by atoms with Crippen LogP contribution in [-0.4, -0.2) is 46.1 Å². The summed E-state index contributed by atoms with van der Waals surface area (Å²) in [6.45, 7) is 19.3. The van der Waals surface area contributed by atoms with Crippen LogP contribution in [0.4, 0.5) is 4.79 Å². The molecule has 8 rings (SSSR count). The van der Waals surface area contributed by atoms with Crippen LogP contribution < -0.4 is 5.32 Å². The molecule has 2 aliphatic rings. The van der Waals surface area contributed by atoms with E-state index in [4.69, 9.17) is 19.8 Å². The number of carbonyl (C=O) groups excluding carboxylic acids is 1. The fraction of sp³-hybridized carbons (Fsp3) is 0.396. The monoisotopic (exact) mass is 776 g/mol. The fourth-order valence-corrected chi connectivity index (χ4v) is 8.41. The third-order valence-electron chi connectivity index (χ3n) is 11.5. The molecule has 0 saturated carbocycles. The quantitative estimate of drug-likeness (QED) is 0.125. The van der Waals surface area contributed by atoms with Gasteiger partial charge in [0.25, 0.3) is 0 Å². The van der Waals surface area contributed by atoms with Crippen molar-refractivity contribution in [3.8, 4) is 44.8 Å². The molecule has 6 aromatic rings. The van der Waals surface area contributed by atoms with Crippen molar-refractivity contribution < 1.29 is 9.53 Å². The van der Waals surface area contributed by atoms with Gasteiger partial charge in [-0.2, -0.15) is 10.2 Å². The SMILES string of the molecule is Cc1ccc(-c2cnn(CCC(C)CC(C)(C)OC(=O)N3Cc4ccc(-c5nc(C)ccc5-c5cnn(CCC(C)C)c5)cc4C3)c2)c(-c2ccc3c(c2)CNC3)n1. The normalized spacial score (nSPS) is 14.2. The first-order valence-electron chi connectivity index (χ1n) is 20.8. The van der Waals surface area contributed by atoms with Crippen LogP contribution >= 0.6 is 0 Å². The number of nitrogens with zero attached hydrogens (tertiary/aromatic N) is 7. The molecule has 2 aliphatic heterocycles. The van der Waals surface area contributed by atoms with Crippen molar-refractivity contribution in [1.29, 1.82) is 0 Å². The number of aromatic nitrogens is 6. The Bertz CT molecular complexity index is 2440. The molecule has 6 heterocycles. The number of hydrogen-bond donors (Lipinski definition) is 1. The van der Waals surface area contributed by atoms with Crippen molar-refractivity contribution in [2.45, 2.75) is 113 Å². The van der Waals surface area contributed by atoms with E-state index >= 15 is 0 Å². The summed E-state index contributed by atoms with van der Waals surface area (Å²) in [6.07, 6.45) is 10.6. The number of ether oxygens (including phenoxy) is 1. The third kappa shape index (κ3) is 8.77. The molecular formula is C48H56N8O2. The lowest BCUT2D eigenvalue weighted by molar-refractivity contribution is -0.00154. The molecule has 10 heteroatoms. The molecule has 0 aliphatic carbocycles. The number of amides is 1. The Morgan fingerprint density at radius 1 is 0.707 bits per heavy atom. The Morgan fingerprint density at radius 3 is 1.88 bits per heavy atom. The summed E-state index contributed by atoms with van der Waals surface area (Å²) in [6, 6.07) is 21.5. The number of aryl methyl sites for hydroxylation is 4. The highest BCUT2D eigenvalue weighted by Gasteiger charge is 2.31. The van der Waals surface area contributed by atoms with E-state index < -0.39 is 5.60 Å². The predicted octanol–water partition coefficient (Wildman–Crippen LogP) is 10.2. The van der Waals surface area contributed by atoms with Crippen molar-refractivity contribution in [1.82, 2.24) is 39.7 Å². The second-order valence-electron chi connectivity index (χ2n) is 17.5. The van der Waals surface area contributed by atoms with Gasteiger partial charge in [0.2, 0.25) is 0 Å². The van der Waals surface area contributed by atoms with Gasteiger partial charge in [-0.05, 0) is 105 Å². The Morgan fingerprint density at radius 2 is 1.26 bits per heavy atom. The summed E-state index contributed by atoms with van der Waals surface area (Å²) in [5.41, 5.74) is 14.6. The van der Waals surface area contributed by atoms with Crippen LogP contribution in [0.2, 0.25) is 0 Å². The number of fused-ring (bicyclic) bond motifs is 2. The average Bonchev–Trinajstić information content (AvgIpc) is 4.02. The molecule has 0 bridgehead atoms. The topological polar surface area (TPSA) is 103 Å². The second-order valence-corrected chi connectivity index (χ2v) is 17.5. The van der Waals surface area contributed by atoms with E-state index in [-0.39, 0.29) is 6.09 Å². The Hall–Kier alpha value is -5.61. The number of carbonyl (C=O) groups is 1. The minimum absolute atomic E-state index is 0.281. The van der Waals surface area contributed by atoms with Gasteiger partial charge in [0.15, 0.2) is 0 Å². The molecule has 0 spiro atoms. The maximum Gasteiger partial charge on any atom is 0.410 e. The Balaban J connectivity index is 0.873. The molecule has 1 N–H and O–H groups in total. The summed E-state index contributed by atoms with van der Waals surface area (Å²) in [5, 5.41) is 12.8. The molecule has 0 radical (unpaired) electrons. The number of nitrogens with one attached hydrogen (secondary N) is 1. The van der Waals surface area contributed by atoms with Gasteiger partial charge in [-0.15, -0.1) is 0 Å². The van der Waals surface area contributed by atoms with Crippen molar-refractivity contribution in [2.75, 3.05) is 0 Å². The van der Waals surface area contributed by atoms with Crippen LogP contribution in [0.1, 0.15) is 87.5 Å². The summed E-state index contributed by atoms with van der Waals surface area (Å²) in [5.74, 6) is 0.927. The lowest BCUT2D eigenvalue weighted by Gasteiger charge is -2.30. The second kappa shape index (κ2) is 16.3. The van der Waals surface area contributed by atoms with Gasteiger partial charge in [-0.3, -0.25) is 24.2 Å². The van der Waals surface area contributed by atoms with Crippen molar-refractivity contribution >= 4 is 6.09 Å². The smallest absolute Gasteiger partial charge is 0.410 e. The van der Waals surface area contributed by atoms with Gasteiger partial charge in [0.1, 0.15) is 5.60 Å². The number of benzene rings is 2. The summed E-state index contributed by atoms with van der Waals surface area (Å²) < 4.78 is 10.3. The molecule has 0 fully saturated rings. The van der Waals surface area contributed by atoms with Crippen LogP contribution in [0, 0.1) is 25.7 Å². The first-order valence-corrected chi connectivity index (χ1v) is 20.8. The van der Waals surface area contributed by atoms with Crippen LogP contribution in [0.5, 0.6) is 0 Å². The molecule has 1 amide bonds. The molecular weight excluding hydrogens is 721 g/mol. The zero-order chi connectivity index (χ0) is 40.6. The summed E-state index contributed by atoms with van der Waals surface area (Å²) in [4.78, 5) is 25.4. The summed E-state index contributed by atoms with van der Waals surface area (Å²) >= 11 is 0. The van der Waals surface area contributed by atoms with E-state index in [1.807, 2.05) is 54.4 Å². The highest BCUT2D eigenvalue weighted by atomic mass is 16.6. The average molecular weight is 777 g/mol. The van der Waals surface area contributed by atoms with Gasteiger partial charge in [0.05, 0.1) is 23.8 Å². The Kier molecular flexibility index (Phi) is 11.0. The largest absolute Gasteiger partial charge is 0.443 e. The fourth-order valence-electron chi connectivity index (χ4n) is 8.41. The molecule has 4 aromatic heterocycles. The van der Waals surface area contributed by atoms with E-state index in [0.29, 0.717) is 24.9 Å². The summed E-state index contributed by atoms with van der Waals surface area (Å²) in [7, 11) is 0. The zero-order valence-electron chi connectivity index (χ0n) is 35.0. The number of rotatable bonds is 13. The minimum atomic E-state index is -0.625. The van der Waals surface area contributed by atoms with E-state index in [9.17, 15) is 4.79 Å². The molecule has 1 unspecified atom stereocenters. The van der Waals surface area contributed by atoms with Crippen molar-refractivity contribution in [3.63, 3.8) is 0 Å². The van der Waals surface area contributed by atoms with Crippen LogP contribution in [0.15, 0.2) is 85.5 Å². The van der Waals surface area contributed by atoms with Crippen LogP contribution in [0.3, 0.4) is 0 Å². The van der Waals surface area contributed by atoms with Crippen molar-refractivity contribution in [3.05, 3.63) is 119 Å². The molecule has 2 aromatic carbocycles. The van der Waals surface area contributed by atoms with Gasteiger partial charge < -0.3 is 10.1 Å². The third-order valence-corrected chi connectivity index (χ3v) is 11.5. The maximum atomic E-state index is 13.6. The molecule has 10 nitrogen and oxygen atoms in total. The standard InChI is InChI=1S/C48H56N8O2/c1-31(2)16-18-55-29-41(25-50-55)44-15-9-34(5)53-46(44)36-11-13-38-27-54(28-40(38)21-36)47(57)58-48(6,7)22-32(3)17-19-56-30-42(26-51-56)43-14-8-33(4)52-45(43)35-10-12-37-23-49-24-39(37)20-35/h8-15,20-21,25-26,29-32,49H,16-19,22-24,27-28H2,1-7H3. The molecule has 300 valence electrons. The lowest BCUT2D eigenvalue weighted by atomic mass is 9.92. The van der Waals surface area contributed by atoms with Gasteiger partial charge in [-0.25, -0.2) is 4.79 Å². The molecule has 0 saturated heterocycles. The number of pyridine rings is 2. The van der Waals surface area contributed by atoms with E-state index in [2.05, 4.69) is 104 Å². The number of hydrogen-bond acceptors (Lipinski definition) is 7. The Labute approximate surface area is 342 Å². The minimum Gasteiger partial charge on any atom is -0.443 e. The highest BCUT2D eigenvalue weighted by Crippen LogP contribution is 2.36. The van der Waals surface area contributed by atoms with Crippen LogP contribution in [-0.2, 0) is 44.0 Å². The predicted molar refractivity (Wildman–Crippen MR) is 229 cm³/mol. The first-order chi connectivity index (χ1) is 27.9. The maximum absolute atomic E-state index is 13.6. The zero-order valence-corrected chi connectivity index (χ0v) is 35.0. The van der Waals surface area contributed by atoms with E-state index in [0.717, 1.165) is 113 Å². The lowest BCUT2D eigenvalue weighted by Crippen LogP contribution is -2.36. The van der Waals surface area contributed by atoms with Crippen molar-refractivity contribution in [2.24, 2.45) is 11.8 Å². The first kappa shape index (κ1) is 39.2. The van der Waals surface area contributed by atoms with Crippen LogP contribution in [0.25, 0.3) is 44.8 Å².